The highest BCUT2D eigenvalue weighted by molar-refractivity contribution is 5.99. The zero-order valence-corrected chi connectivity index (χ0v) is 15.0. The number of imidazole rings is 1. The monoisotopic (exact) mass is 413 g/mol. The highest BCUT2D eigenvalue weighted by Gasteiger charge is 2.33. The average Bonchev–Trinajstić information content (AvgIpc) is 3.25. The zero-order valence-electron chi connectivity index (χ0n) is 15.0. The number of alkyl halides is 3. The van der Waals surface area contributed by atoms with Crippen LogP contribution in [0.5, 0.6) is 0 Å². The minimum absolute atomic E-state index is 0.0331. The second kappa shape index (κ2) is 6.34. The molecule has 1 aromatic carbocycles. The van der Waals surface area contributed by atoms with Gasteiger partial charge in [-0.05, 0) is 42.0 Å². The lowest BCUT2D eigenvalue weighted by Crippen LogP contribution is -2.09. The minimum atomic E-state index is -4.64. The first-order valence-corrected chi connectivity index (χ1v) is 8.81. The molecule has 10 heteroatoms. The molecule has 0 radical (unpaired) electrons. The molecule has 0 spiro atoms. The van der Waals surface area contributed by atoms with Crippen molar-refractivity contribution in [3.05, 3.63) is 65.9 Å². The molecule has 150 valence electrons. The summed E-state index contributed by atoms with van der Waals surface area (Å²) in [7, 11) is 0. The molecule has 1 aliphatic rings. The Bertz CT molecular complexity index is 1330. The Hall–Kier alpha value is -3.82. The van der Waals surface area contributed by atoms with Crippen LogP contribution >= 0.6 is 0 Å². The summed E-state index contributed by atoms with van der Waals surface area (Å²) in [6.07, 6.45) is -3.25. The summed E-state index contributed by atoms with van der Waals surface area (Å²) >= 11 is 0. The average molecular weight is 413 g/mol. The van der Waals surface area contributed by atoms with Crippen molar-refractivity contribution in [1.82, 2.24) is 19.5 Å². The van der Waals surface area contributed by atoms with Crippen LogP contribution in [0.15, 0.2) is 48.7 Å². The Morgan fingerprint density at radius 3 is 2.63 bits per heavy atom. The molecular formula is C20H11F4N5O. The van der Waals surface area contributed by atoms with Crippen molar-refractivity contribution in [3.63, 3.8) is 0 Å². The van der Waals surface area contributed by atoms with E-state index in [4.69, 9.17) is 0 Å². The van der Waals surface area contributed by atoms with E-state index in [1.165, 1.54) is 22.9 Å². The van der Waals surface area contributed by atoms with E-state index in [1.54, 1.807) is 18.2 Å². The van der Waals surface area contributed by atoms with E-state index in [2.05, 4.69) is 20.3 Å². The van der Waals surface area contributed by atoms with Gasteiger partial charge in [-0.25, -0.2) is 15.0 Å². The molecule has 0 saturated carbocycles. The van der Waals surface area contributed by atoms with Crippen molar-refractivity contribution >= 4 is 22.8 Å². The fourth-order valence-electron chi connectivity index (χ4n) is 3.45. The lowest BCUT2D eigenvalue weighted by atomic mass is 10.1. The molecule has 1 aliphatic heterocycles. The predicted octanol–water partition coefficient (Wildman–Crippen LogP) is 4.14. The normalized spacial score (nSPS) is 13.5. The fraction of sp³-hybridized carbons (Fsp3) is 0.100. The summed E-state index contributed by atoms with van der Waals surface area (Å²) in [5.41, 5.74) is 1.21. The molecule has 0 fully saturated rings. The van der Waals surface area contributed by atoms with Gasteiger partial charge in [-0.3, -0.25) is 9.36 Å². The van der Waals surface area contributed by atoms with E-state index in [0.29, 0.717) is 22.5 Å². The van der Waals surface area contributed by atoms with Gasteiger partial charge < -0.3 is 5.32 Å². The Labute approximate surface area is 166 Å². The van der Waals surface area contributed by atoms with E-state index in [0.717, 1.165) is 12.1 Å². The van der Waals surface area contributed by atoms with E-state index < -0.39 is 17.8 Å². The Kier molecular flexibility index (Phi) is 3.85. The molecule has 4 aromatic rings. The first-order valence-electron chi connectivity index (χ1n) is 8.81. The lowest BCUT2D eigenvalue weighted by Gasteiger charge is -2.11. The summed E-state index contributed by atoms with van der Waals surface area (Å²) < 4.78 is 54.9. The largest absolute Gasteiger partial charge is 0.433 e. The number of amides is 1. The Morgan fingerprint density at radius 1 is 1.03 bits per heavy atom. The van der Waals surface area contributed by atoms with Gasteiger partial charge in [-0.2, -0.15) is 17.6 Å². The molecule has 3 aromatic heterocycles. The number of carbonyl (C=O) groups excluding carboxylic acids is 1. The fourth-order valence-corrected chi connectivity index (χ4v) is 3.45. The molecule has 0 aliphatic carbocycles. The van der Waals surface area contributed by atoms with Crippen LogP contribution < -0.4 is 5.32 Å². The maximum absolute atomic E-state index is 13.7. The SMILES string of the molecule is O=C1Cc2cc(-n3c(-c4ccnc(F)c4)nc4ccc(C(F)(F)F)nc43)ccc2N1. The summed E-state index contributed by atoms with van der Waals surface area (Å²) in [5, 5.41) is 2.70. The van der Waals surface area contributed by atoms with Gasteiger partial charge >= 0.3 is 6.18 Å². The van der Waals surface area contributed by atoms with Crippen LogP contribution in [0.4, 0.5) is 23.2 Å². The van der Waals surface area contributed by atoms with Crippen LogP contribution in [0.2, 0.25) is 0 Å². The maximum atomic E-state index is 13.7. The molecule has 6 nitrogen and oxygen atoms in total. The number of aromatic nitrogens is 4. The standard InChI is InChI=1S/C20H11F4N5O/c21-16-8-10(5-6-25-16)18-27-14-3-4-15(20(22,23)24)28-19(14)29(18)12-1-2-13-11(7-12)9-17(30)26-13/h1-8H,9H2,(H,26,30). The smallest absolute Gasteiger partial charge is 0.326 e. The van der Waals surface area contributed by atoms with Gasteiger partial charge in [-0.15, -0.1) is 0 Å². The van der Waals surface area contributed by atoms with Gasteiger partial charge in [0.2, 0.25) is 11.9 Å². The number of carbonyl (C=O) groups is 1. The second-order valence-corrected chi connectivity index (χ2v) is 6.74. The number of hydrogen-bond acceptors (Lipinski definition) is 4. The topological polar surface area (TPSA) is 72.7 Å². The van der Waals surface area contributed by atoms with Crippen LogP contribution in [-0.2, 0) is 17.4 Å². The molecular weight excluding hydrogens is 402 g/mol. The van der Waals surface area contributed by atoms with Gasteiger partial charge in [0.05, 0.1) is 6.42 Å². The molecule has 0 atom stereocenters. The Morgan fingerprint density at radius 2 is 1.87 bits per heavy atom. The number of anilines is 1. The highest BCUT2D eigenvalue weighted by Crippen LogP contribution is 2.34. The zero-order chi connectivity index (χ0) is 21.0. The van der Waals surface area contributed by atoms with Crippen LogP contribution in [0, 0.1) is 5.95 Å². The number of nitrogens with zero attached hydrogens (tertiary/aromatic N) is 4. The third-order valence-corrected chi connectivity index (χ3v) is 4.75. The van der Waals surface area contributed by atoms with E-state index in [-0.39, 0.29) is 29.3 Å². The summed E-state index contributed by atoms with van der Waals surface area (Å²) in [4.78, 5) is 23.4. The van der Waals surface area contributed by atoms with E-state index in [1.807, 2.05) is 0 Å². The summed E-state index contributed by atoms with van der Waals surface area (Å²) in [5.74, 6) is -0.722. The molecule has 1 N–H and O–H groups in total. The van der Waals surface area contributed by atoms with Crippen molar-refractivity contribution in [2.24, 2.45) is 0 Å². The third-order valence-electron chi connectivity index (χ3n) is 4.75. The lowest BCUT2D eigenvalue weighted by molar-refractivity contribution is -0.141. The maximum Gasteiger partial charge on any atom is 0.433 e. The number of benzene rings is 1. The van der Waals surface area contributed by atoms with E-state index >= 15 is 0 Å². The summed E-state index contributed by atoms with van der Waals surface area (Å²) in [6, 6.07) is 9.69. The van der Waals surface area contributed by atoms with Gasteiger partial charge in [0.25, 0.3) is 0 Å². The molecule has 1 amide bonds. The molecule has 0 bridgehead atoms. The molecule has 0 saturated heterocycles. The first kappa shape index (κ1) is 18.2. The number of nitrogens with one attached hydrogen (secondary N) is 1. The molecule has 0 unspecified atom stereocenters. The Balaban J connectivity index is 1.80. The second-order valence-electron chi connectivity index (χ2n) is 6.74. The summed E-state index contributed by atoms with van der Waals surface area (Å²) in [6.45, 7) is 0. The van der Waals surface area contributed by atoms with Crippen molar-refractivity contribution < 1.29 is 22.4 Å². The number of hydrogen-bond donors (Lipinski definition) is 1. The molecule has 5 rings (SSSR count). The number of fused-ring (bicyclic) bond motifs is 2. The van der Waals surface area contributed by atoms with Crippen molar-refractivity contribution in [1.29, 1.82) is 0 Å². The van der Waals surface area contributed by atoms with Crippen LogP contribution in [-0.4, -0.2) is 25.4 Å². The van der Waals surface area contributed by atoms with Crippen molar-refractivity contribution in [2.75, 3.05) is 5.32 Å². The van der Waals surface area contributed by atoms with Crippen LogP contribution in [0.3, 0.4) is 0 Å². The molecule has 30 heavy (non-hydrogen) atoms. The van der Waals surface area contributed by atoms with Gasteiger partial charge in [0.1, 0.15) is 17.0 Å². The number of rotatable bonds is 2. The van der Waals surface area contributed by atoms with E-state index in [9.17, 15) is 22.4 Å². The van der Waals surface area contributed by atoms with Crippen LogP contribution in [0.25, 0.3) is 28.2 Å². The minimum Gasteiger partial charge on any atom is -0.326 e. The third kappa shape index (κ3) is 2.97. The number of pyridine rings is 2. The first-order chi connectivity index (χ1) is 14.3. The van der Waals surface area contributed by atoms with Gasteiger partial charge in [0.15, 0.2) is 5.65 Å². The van der Waals surface area contributed by atoms with Gasteiger partial charge in [0, 0.05) is 29.2 Å². The number of halogens is 4. The van der Waals surface area contributed by atoms with Gasteiger partial charge in [-0.1, -0.05) is 0 Å². The highest BCUT2D eigenvalue weighted by atomic mass is 19.4. The quantitative estimate of drug-likeness (QED) is 0.396. The predicted molar refractivity (Wildman–Crippen MR) is 99.4 cm³/mol. The van der Waals surface area contributed by atoms with Crippen molar-refractivity contribution in [2.45, 2.75) is 12.6 Å². The molecule has 4 heterocycles. The van der Waals surface area contributed by atoms with Crippen molar-refractivity contribution in [3.8, 4) is 17.1 Å². The van der Waals surface area contributed by atoms with Crippen LogP contribution in [0.1, 0.15) is 11.3 Å².